The Morgan fingerprint density at radius 3 is 2.44 bits per heavy atom. The molecule has 4 heteroatoms. The largest absolute Gasteiger partial charge is 0.468 e. The first kappa shape index (κ1) is 13.1. The number of carbonyl (C=O) groups excluding carboxylic acids is 1. The maximum atomic E-state index is 12.0. The van der Waals surface area contributed by atoms with E-state index in [0.29, 0.717) is 13.2 Å². The maximum Gasteiger partial charge on any atom is 0.327 e. The van der Waals surface area contributed by atoms with E-state index in [0.717, 1.165) is 18.7 Å². The molecule has 1 aliphatic rings. The summed E-state index contributed by atoms with van der Waals surface area (Å²) in [7, 11) is 1.43. The van der Waals surface area contributed by atoms with Crippen LogP contribution in [0.25, 0.3) is 0 Å². The third kappa shape index (κ3) is 2.89. The van der Waals surface area contributed by atoms with Gasteiger partial charge in [-0.05, 0) is 12.5 Å². The van der Waals surface area contributed by atoms with Crippen molar-refractivity contribution in [3.8, 4) is 0 Å². The third-order valence-corrected chi connectivity index (χ3v) is 3.23. The molecule has 1 aromatic carbocycles. The lowest BCUT2D eigenvalue weighted by Crippen LogP contribution is -2.42. The zero-order chi connectivity index (χ0) is 13.0. The number of nitrogens with zero attached hydrogens (tertiary/aromatic N) is 1. The Kier molecular flexibility index (Phi) is 4.33. The molecule has 0 aliphatic carbocycles. The molecule has 1 fully saturated rings. The fourth-order valence-corrected chi connectivity index (χ4v) is 2.19. The number of methoxy groups -OCH3 is 1. The van der Waals surface area contributed by atoms with Crippen molar-refractivity contribution < 1.29 is 14.3 Å². The summed E-state index contributed by atoms with van der Waals surface area (Å²) in [5.74, 6) is -0.208. The van der Waals surface area contributed by atoms with Crippen molar-refractivity contribution in [2.45, 2.75) is 13.0 Å². The zero-order valence-corrected chi connectivity index (χ0v) is 10.9. The molecule has 18 heavy (non-hydrogen) atoms. The molecule has 1 atom stereocenters. The van der Waals surface area contributed by atoms with Gasteiger partial charge in [0, 0.05) is 13.1 Å². The average molecular weight is 249 g/mol. The van der Waals surface area contributed by atoms with E-state index >= 15 is 0 Å². The van der Waals surface area contributed by atoms with Crippen molar-refractivity contribution in [2.24, 2.45) is 0 Å². The highest BCUT2D eigenvalue weighted by Crippen LogP contribution is 2.23. The van der Waals surface area contributed by atoms with Gasteiger partial charge in [-0.15, -0.1) is 0 Å². The van der Waals surface area contributed by atoms with Crippen molar-refractivity contribution in [1.82, 2.24) is 4.90 Å². The number of morpholine rings is 1. The van der Waals surface area contributed by atoms with Crippen LogP contribution in [0.15, 0.2) is 24.3 Å². The van der Waals surface area contributed by atoms with E-state index in [1.54, 1.807) is 0 Å². The van der Waals surface area contributed by atoms with Crippen molar-refractivity contribution in [2.75, 3.05) is 33.4 Å². The second kappa shape index (κ2) is 5.98. The Morgan fingerprint density at radius 1 is 1.28 bits per heavy atom. The van der Waals surface area contributed by atoms with Crippen molar-refractivity contribution in [3.05, 3.63) is 35.4 Å². The number of hydrogen-bond acceptors (Lipinski definition) is 4. The number of carbonyl (C=O) groups is 1. The van der Waals surface area contributed by atoms with Crippen LogP contribution in [0.3, 0.4) is 0 Å². The van der Waals surface area contributed by atoms with Gasteiger partial charge < -0.3 is 9.47 Å². The second-order valence-electron chi connectivity index (χ2n) is 4.48. The van der Waals surface area contributed by atoms with E-state index in [1.807, 2.05) is 31.2 Å². The van der Waals surface area contributed by atoms with E-state index < -0.39 is 0 Å². The minimum Gasteiger partial charge on any atom is -0.468 e. The molecule has 1 aliphatic heterocycles. The summed E-state index contributed by atoms with van der Waals surface area (Å²) in [6, 6.07) is 7.70. The number of benzene rings is 1. The van der Waals surface area contributed by atoms with Crippen LogP contribution in [0.4, 0.5) is 0 Å². The summed E-state index contributed by atoms with van der Waals surface area (Å²) < 4.78 is 10.3. The smallest absolute Gasteiger partial charge is 0.327 e. The molecule has 0 aromatic heterocycles. The monoisotopic (exact) mass is 249 g/mol. The first-order valence-corrected chi connectivity index (χ1v) is 6.18. The van der Waals surface area contributed by atoms with Gasteiger partial charge in [-0.2, -0.15) is 0 Å². The van der Waals surface area contributed by atoms with Crippen molar-refractivity contribution in [3.63, 3.8) is 0 Å². The van der Waals surface area contributed by atoms with Gasteiger partial charge in [-0.25, -0.2) is 4.79 Å². The molecular weight excluding hydrogens is 230 g/mol. The number of rotatable bonds is 3. The van der Waals surface area contributed by atoms with Crippen LogP contribution in [-0.2, 0) is 14.3 Å². The third-order valence-electron chi connectivity index (χ3n) is 3.23. The molecule has 0 bridgehead atoms. The molecule has 98 valence electrons. The topological polar surface area (TPSA) is 38.8 Å². The van der Waals surface area contributed by atoms with Crippen LogP contribution in [0, 0.1) is 6.92 Å². The summed E-state index contributed by atoms with van der Waals surface area (Å²) in [5, 5.41) is 0. The number of ether oxygens (including phenoxy) is 2. The first-order chi connectivity index (χ1) is 8.72. The molecule has 0 N–H and O–H groups in total. The van der Waals surface area contributed by atoms with E-state index in [4.69, 9.17) is 9.47 Å². The lowest BCUT2D eigenvalue weighted by molar-refractivity contribution is -0.149. The van der Waals surface area contributed by atoms with Crippen LogP contribution >= 0.6 is 0 Å². The summed E-state index contributed by atoms with van der Waals surface area (Å²) in [4.78, 5) is 14.1. The van der Waals surface area contributed by atoms with Gasteiger partial charge >= 0.3 is 5.97 Å². The van der Waals surface area contributed by atoms with Crippen LogP contribution in [0.5, 0.6) is 0 Å². The summed E-state index contributed by atoms with van der Waals surface area (Å²) >= 11 is 0. The van der Waals surface area contributed by atoms with Gasteiger partial charge in [0.2, 0.25) is 0 Å². The molecule has 0 radical (unpaired) electrons. The Morgan fingerprint density at radius 2 is 1.89 bits per heavy atom. The minimum absolute atomic E-state index is 0.208. The van der Waals surface area contributed by atoms with Gasteiger partial charge in [0.25, 0.3) is 0 Å². The SMILES string of the molecule is COC(=O)C(c1ccc(C)cc1)N1CCOCC1. The average Bonchev–Trinajstić information content (AvgIpc) is 2.42. The molecule has 0 spiro atoms. The molecule has 1 saturated heterocycles. The predicted octanol–water partition coefficient (Wildman–Crippen LogP) is 1.54. The van der Waals surface area contributed by atoms with Crippen LogP contribution < -0.4 is 0 Å². The molecule has 0 saturated carbocycles. The maximum absolute atomic E-state index is 12.0. The first-order valence-electron chi connectivity index (χ1n) is 6.18. The zero-order valence-electron chi connectivity index (χ0n) is 10.9. The standard InChI is InChI=1S/C14H19NO3/c1-11-3-5-12(6-4-11)13(14(16)17-2)15-7-9-18-10-8-15/h3-6,13H,7-10H2,1-2H3. The van der Waals surface area contributed by atoms with Gasteiger partial charge in [0.1, 0.15) is 6.04 Å². The molecule has 1 aromatic rings. The number of hydrogen-bond donors (Lipinski definition) is 0. The lowest BCUT2D eigenvalue weighted by Gasteiger charge is -2.32. The van der Waals surface area contributed by atoms with E-state index in [2.05, 4.69) is 4.90 Å². The normalized spacial score (nSPS) is 18.3. The van der Waals surface area contributed by atoms with E-state index in [1.165, 1.54) is 12.7 Å². The van der Waals surface area contributed by atoms with Crippen LogP contribution in [-0.4, -0.2) is 44.3 Å². The highest BCUT2D eigenvalue weighted by molar-refractivity contribution is 5.77. The van der Waals surface area contributed by atoms with Gasteiger partial charge in [-0.1, -0.05) is 29.8 Å². The fourth-order valence-electron chi connectivity index (χ4n) is 2.19. The Labute approximate surface area is 107 Å². The quantitative estimate of drug-likeness (QED) is 0.762. The Bertz CT molecular complexity index is 396. The highest BCUT2D eigenvalue weighted by Gasteiger charge is 2.29. The number of esters is 1. The molecule has 4 nitrogen and oxygen atoms in total. The molecular formula is C14H19NO3. The Balaban J connectivity index is 2.23. The van der Waals surface area contributed by atoms with E-state index in [-0.39, 0.29) is 12.0 Å². The molecule has 2 rings (SSSR count). The minimum atomic E-state index is -0.320. The summed E-state index contributed by atoms with van der Waals surface area (Å²) in [6.45, 7) is 4.88. The molecule has 1 heterocycles. The predicted molar refractivity (Wildman–Crippen MR) is 68.3 cm³/mol. The van der Waals surface area contributed by atoms with Gasteiger partial charge in [0.05, 0.1) is 20.3 Å². The lowest BCUT2D eigenvalue weighted by atomic mass is 10.0. The van der Waals surface area contributed by atoms with Crippen molar-refractivity contribution in [1.29, 1.82) is 0 Å². The fraction of sp³-hybridized carbons (Fsp3) is 0.500. The number of aryl methyl sites for hydroxylation is 1. The summed E-state index contributed by atoms with van der Waals surface area (Å²) in [6.07, 6.45) is 0. The highest BCUT2D eigenvalue weighted by atomic mass is 16.5. The van der Waals surface area contributed by atoms with Gasteiger partial charge in [0.15, 0.2) is 0 Å². The van der Waals surface area contributed by atoms with Crippen molar-refractivity contribution >= 4 is 5.97 Å². The van der Waals surface area contributed by atoms with Gasteiger partial charge in [-0.3, -0.25) is 4.90 Å². The molecule has 1 unspecified atom stereocenters. The second-order valence-corrected chi connectivity index (χ2v) is 4.48. The summed E-state index contributed by atoms with van der Waals surface area (Å²) in [5.41, 5.74) is 2.17. The molecule has 0 amide bonds. The van der Waals surface area contributed by atoms with E-state index in [9.17, 15) is 4.79 Å². The van der Waals surface area contributed by atoms with Crippen LogP contribution in [0.2, 0.25) is 0 Å². The van der Waals surface area contributed by atoms with Crippen LogP contribution in [0.1, 0.15) is 17.2 Å². The Hall–Kier alpha value is -1.39.